The molecule has 0 aromatic carbocycles. The molecule has 0 saturated carbocycles. The van der Waals surface area contributed by atoms with Crippen molar-refractivity contribution in [1.29, 1.82) is 0 Å². The average molecular weight is 1150 g/mol. The number of ketones is 3. The smallest absolute Gasteiger partial charge is 0.240 e. The van der Waals surface area contributed by atoms with Crippen LogP contribution in [-0.2, 0) is 71.2 Å². The van der Waals surface area contributed by atoms with E-state index in [1.807, 2.05) is 0 Å². The van der Waals surface area contributed by atoms with Gasteiger partial charge in [0.25, 0.3) is 0 Å². The van der Waals surface area contributed by atoms with E-state index in [1.165, 1.54) is 57.6 Å². The van der Waals surface area contributed by atoms with Gasteiger partial charge in [-0.05, 0) is 41.5 Å². The highest BCUT2D eigenvalue weighted by molar-refractivity contribution is 6.02. The molecular formula is C54H78N6O21. The van der Waals surface area contributed by atoms with Crippen LogP contribution in [-0.4, -0.2) is 242 Å². The first-order valence-electron chi connectivity index (χ1n) is 26.0. The lowest BCUT2D eigenvalue weighted by molar-refractivity contribution is -0.122. The molecule has 3 aliphatic rings. The van der Waals surface area contributed by atoms with Crippen LogP contribution in [0.5, 0.6) is 34.5 Å². The van der Waals surface area contributed by atoms with Gasteiger partial charge in [0.2, 0.25) is 17.7 Å². The largest absolute Gasteiger partial charge is 0.505 e. The molecule has 6 rings (SSSR count). The van der Waals surface area contributed by atoms with Crippen molar-refractivity contribution in [3.63, 3.8) is 0 Å². The predicted molar refractivity (Wildman–Crippen MR) is 289 cm³/mol. The van der Waals surface area contributed by atoms with Crippen LogP contribution in [0.2, 0.25) is 0 Å². The van der Waals surface area contributed by atoms with Gasteiger partial charge < -0.3 is 86.4 Å². The van der Waals surface area contributed by atoms with Crippen LogP contribution in [0.15, 0.2) is 51.8 Å². The molecule has 0 spiro atoms. The van der Waals surface area contributed by atoms with E-state index in [0.29, 0.717) is 136 Å². The second kappa shape index (κ2) is 35.2. The molecule has 3 aromatic heterocycles. The van der Waals surface area contributed by atoms with Gasteiger partial charge in [-0.2, -0.15) is 0 Å². The molecule has 6 heterocycles. The van der Waals surface area contributed by atoms with E-state index < -0.39 is 16.6 Å². The zero-order chi connectivity index (χ0) is 59.1. The molecule has 81 heavy (non-hydrogen) atoms. The third-order valence-corrected chi connectivity index (χ3v) is 11.8. The number of hydrogen-bond donors (Lipinski definition) is 3. The molecule has 450 valence electrons. The molecule has 0 amide bonds. The van der Waals surface area contributed by atoms with Crippen molar-refractivity contribution in [2.24, 2.45) is 15.0 Å². The molecule has 0 radical (unpaired) electrons. The number of Topliss-reactive ketones (excluding diaryl/α,β-unsaturated/α-hetero) is 3. The van der Waals surface area contributed by atoms with Crippen LogP contribution in [0, 0.1) is 0 Å². The fourth-order valence-corrected chi connectivity index (χ4v) is 6.48. The van der Waals surface area contributed by atoms with E-state index in [2.05, 4.69) is 29.9 Å². The van der Waals surface area contributed by atoms with Crippen LogP contribution in [0.4, 0.5) is 0 Å². The Morgan fingerprint density at radius 1 is 0.407 bits per heavy atom. The van der Waals surface area contributed by atoms with Crippen LogP contribution < -0.4 is 14.2 Å². The molecule has 0 aliphatic carbocycles. The minimum Gasteiger partial charge on any atom is -0.505 e. The molecule has 3 unspecified atom stereocenters. The third-order valence-electron chi connectivity index (χ3n) is 11.8. The summed E-state index contributed by atoms with van der Waals surface area (Å²) in [4.78, 5) is 60.0. The van der Waals surface area contributed by atoms with Crippen molar-refractivity contribution in [3.8, 4) is 34.5 Å². The minimum atomic E-state index is -0.941. The van der Waals surface area contributed by atoms with Gasteiger partial charge in [0.1, 0.15) is 56.9 Å². The van der Waals surface area contributed by atoms with E-state index in [4.69, 9.17) is 71.1 Å². The van der Waals surface area contributed by atoms with E-state index in [-0.39, 0.29) is 89.2 Å². The summed E-state index contributed by atoms with van der Waals surface area (Å²) < 4.78 is 79.2. The second-order valence-electron chi connectivity index (χ2n) is 18.4. The van der Waals surface area contributed by atoms with E-state index in [1.54, 1.807) is 42.1 Å². The Morgan fingerprint density at radius 3 is 0.827 bits per heavy atom. The van der Waals surface area contributed by atoms with Gasteiger partial charge in [-0.15, -0.1) is 0 Å². The Labute approximate surface area is 471 Å². The van der Waals surface area contributed by atoms with Gasteiger partial charge in [0, 0.05) is 39.5 Å². The molecule has 27 heteroatoms. The van der Waals surface area contributed by atoms with Gasteiger partial charge in [0.15, 0.2) is 68.3 Å². The van der Waals surface area contributed by atoms with Crippen LogP contribution in [0.25, 0.3) is 0 Å². The number of nitrogens with zero attached hydrogens (tertiary/aromatic N) is 6. The summed E-state index contributed by atoms with van der Waals surface area (Å²) in [5.74, 6) is 0.890. The lowest BCUT2D eigenvalue weighted by Gasteiger charge is -2.12. The number of rotatable bonds is 36. The van der Waals surface area contributed by atoms with Crippen molar-refractivity contribution in [3.05, 3.63) is 53.9 Å². The Kier molecular flexibility index (Phi) is 29.1. The summed E-state index contributed by atoms with van der Waals surface area (Å²) in [6.45, 7) is 17.9. The zero-order valence-corrected chi connectivity index (χ0v) is 47.7. The number of hydrogen-bond acceptors (Lipinski definition) is 27. The number of aliphatic imine (C=N–C) groups is 3. The molecule has 3 aliphatic heterocycles. The van der Waals surface area contributed by atoms with Crippen LogP contribution in [0.3, 0.4) is 0 Å². The Balaban J connectivity index is 0.000000261. The highest BCUT2D eigenvalue weighted by Gasteiger charge is 2.40. The van der Waals surface area contributed by atoms with Gasteiger partial charge >= 0.3 is 0 Å². The van der Waals surface area contributed by atoms with Gasteiger partial charge in [-0.25, -0.2) is 29.9 Å². The highest BCUT2D eigenvalue weighted by atomic mass is 16.6. The number of pyridine rings is 3. The maximum absolute atomic E-state index is 11.6. The number of methoxy groups -OCH3 is 3. The number of carbonyl (C=O) groups excluding carboxylic acids is 3. The zero-order valence-electron chi connectivity index (χ0n) is 47.7. The highest BCUT2D eigenvalue weighted by Crippen LogP contribution is 2.31. The quantitative estimate of drug-likeness (QED) is 0.0705. The van der Waals surface area contributed by atoms with Crippen molar-refractivity contribution < 1.29 is 101 Å². The lowest BCUT2D eigenvalue weighted by Crippen LogP contribution is -2.32. The molecule has 0 saturated heterocycles. The maximum Gasteiger partial charge on any atom is 0.240 e. The first-order valence-corrected chi connectivity index (χ1v) is 26.0. The standard InChI is InChI=1S/3C18H26N2O7/c3*1-13(21)18(2)12-27-17(20-18)16-15(22)10-14(11-19-16)26-9-8-25-7-6-24-5-4-23-3/h3*10-11,22H,4-9,12H2,1-3H3. The number of aromatic nitrogens is 3. The Bertz CT molecular complexity index is 2270. The van der Waals surface area contributed by atoms with Crippen LogP contribution in [0.1, 0.15) is 58.6 Å². The minimum absolute atomic E-state index is 0.110. The fraction of sp³-hybridized carbons (Fsp3) is 0.611. The molecule has 27 nitrogen and oxygen atoms in total. The molecule has 0 bridgehead atoms. The molecule has 3 atom stereocenters. The third kappa shape index (κ3) is 22.6. The maximum atomic E-state index is 11.6. The fourth-order valence-electron chi connectivity index (χ4n) is 6.48. The van der Waals surface area contributed by atoms with Crippen LogP contribution >= 0.6 is 0 Å². The summed E-state index contributed by atoms with van der Waals surface area (Å²) in [5.41, 5.74) is -2.29. The average Bonchev–Trinajstić information content (AvgIpc) is 4.18. The first kappa shape index (κ1) is 66.8. The van der Waals surface area contributed by atoms with Crippen molar-refractivity contribution in [2.45, 2.75) is 58.2 Å². The number of aromatic hydroxyl groups is 3. The number of ether oxygens (including phenoxy) is 15. The van der Waals surface area contributed by atoms with E-state index in [9.17, 15) is 29.7 Å². The van der Waals surface area contributed by atoms with Gasteiger partial charge in [-0.1, -0.05) is 0 Å². The topological polar surface area (TPSA) is 326 Å². The SMILES string of the molecule is COCCOCCOCCOc1cnc(C2=NC(C)(C(C)=O)CO2)c(O)c1.COCCOCCOCCOc1cnc(C2=NC(C)(C(C)=O)CO2)c(O)c1.COCCOCCOCCOc1cnc(C2=NC(C)(C(C)=O)CO2)c(O)c1. The predicted octanol–water partition coefficient (Wildman–Crippen LogP) is 2.91. The molecule has 0 fully saturated rings. The summed E-state index contributed by atoms with van der Waals surface area (Å²) in [6, 6.07) is 4.27. The summed E-state index contributed by atoms with van der Waals surface area (Å²) >= 11 is 0. The summed E-state index contributed by atoms with van der Waals surface area (Å²) in [5, 5.41) is 30.5. The number of carbonyl (C=O) groups is 3. The molecule has 3 aromatic rings. The monoisotopic (exact) mass is 1150 g/mol. The summed E-state index contributed by atoms with van der Waals surface area (Å²) in [6.07, 6.45) is 4.37. The van der Waals surface area contributed by atoms with Crippen molar-refractivity contribution >= 4 is 35.0 Å². The normalized spacial score (nSPS) is 18.9. The van der Waals surface area contributed by atoms with E-state index in [0.717, 1.165) is 0 Å². The van der Waals surface area contributed by atoms with E-state index >= 15 is 0 Å². The Hall–Kier alpha value is -6.69. The lowest BCUT2D eigenvalue weighted by atomic mass is 10.0. The van der Waals surface area contributed by atoms with Gasteiger partial charge in [-0.3, -0.25) is 14.4 Å². The first-order chi connectivity index (χ1) is 38.9. The summed E-state index contributed by atoms with van der Waals surface area (Å²) in [7, 11) is 4.86. The second-order valence-corrected chi connectivity index (χ2v) is 18.4. The molecule has 3 N–H and O–H groups in total. The molecular weight excluding hydrogens is 1070 g/mol. The Morgan fingerprint density at radius 2 is 0.630 bits per heavy atom. The van der Waals surface area contributed by atoms with Crippen molar-refractivity contribution in [1.82, 2.24) is 15.0 Å². The van der Waals surface area contributed by atoms with Crippen molar-refractivity contribution in [2.75, 3.05) is 160 Å². The van der Waals surface area contributed by atoms with Gasteiger partial charge in [0.05, 0.1) is 118 Å².